The Balaban J connectivity index is 1.77. The van der Waals surface area contributed by atoms with Gasteiger partial charge in [0.2, 0.25) is 0 Å². The highest BCUT2D eigenvalue weighted by atomic mass is 16.6. The molecule has 37 heavy (non-hydrogen) atoms. The number of ether oxygens (including phenoxy) is 1. The van der Waals surface area contributed by atoms with E-state index in [0.29, 0.717) is 33.4 Å². The topological polar surface area (TPSA) is 121 Å². The summed E-state index contributed by atoms with van der Waals surface area (Å²) in [6.07, 6.45) is 4.20. The monoisotopic (exact) mass is 502 g/mol. The van der Waals surface area contributed by atoms with Crippen LogP contribution in [-0.4, -0.2) is 36.0 Å². The van der Waals surface area contributed by atoms with Gasteiger partial charge in [0.25, 0.3) is 11.1 Å². The average molecular weight is 503 g/mol. The summed E-state index contributed by atoms with van der Waals surface area (Å²) in [7, 11) is 3.26. The Morgan fingerprint density at radius 1 is 0.973 bits per heavy atom. The summed E-state index contributed by atoms with van der Waals surface area (Å²) in [4.78, 5) is 46.5. The highest BCUT2D eigenvalue weighted by Crippen LogP contribution is 2.29. The zero-order chi connectivity index (χ0) is 27.1. The van der Waals surface area contributed by atoms with Crippen molar-refractivity contribution in [3.8, 4) is 22.6 Å². The van der Waals surface area contributed by atoms with Crippen LogP contribution in [-0.2, 0) is 18.8 Å². The molecule has 1 atom stereocenters. The van der Waals surface area contributed by atoms with E-state index >= 15 is 0 Å². The molecule has 1 amide bonds. The summed E-state index contributed by atoms with van der Waals surface area (Å²) in [5.41, 5.74) is 2.37. The molecule has 1 N–H and O–H groups in total. The third-order valence-electron chi connectivity index (χ3n) is 5.91. The molecule has 3 heterocycles. The fourth-order valence-corrected chi connectivity index (χ4v) is 4.09. The molecule has 4 aromatic rings. The zero-order valence-corrected chi connectivity index (χ0v) is 22.0. The van der Waals surface area contributed by atoms with E-state index in [0.717, 1.165) is 11.1 Å². The smallest absolute Gasteiger partial charge is 0.408 e. The van der Waals surface area contributed by atoms with Crippen molar-refractivity contribution < 1.29 is 9.53 Å². The standard InChI is InChI=1S/C27H30N6O4/c1-15-8-19(16(2)31-26(36)37-27(3,4)5)20-11-22(32(6)25(35)21(20)9-15)18-12-28-24(29-13-18)17-10-23(34)33(7)30-14-17/h8-14,16H,1-7H3,(H,31,36)/t16-/m1/s1. The first kappa shape index (κ1) is 25.7. The number of hydrogen-bond acceptors (Lipinski definition) is 7. The summed E-state index contributed by atoms with van der Waals surface area (Å²) >= 11 is 0. The molecule has 4 rings (SSSR count). The highest BCUT2D eigenvalue weighted by molar-refractivity contribution is 5.89. The van der Waals surface area contributed by atoms with Crippen LogP contribution < -0.4 is 16.4 Å². The van der Waals surface area contributed by atoms with Gasteiger partial charge < -0.3 is 14.6 Å². The summed E-state index contributed by atoms with van der Waals surface area (Å²) in [5.74, 6) is 0.353. The number of benzene rings is 1. The van der Waals surface area contributed by atoms with Gasteiger partial charge in [0, 0.05) is 49.1 Å². The quantitative estimate of drug-likeness (QED) is 0.452. The van der Waals surface area contributed by atoms with Crippen molar-refractivity contribution in [3.05, 3.63) is 74.7 Å². The molecule has 0 spiro atoms. The van der Waals surface area contributed by atoms with Gasteiger partial charge in [-0.25, -0.2) is 19.4 Å². The molecule has 0 aliphatic carbocycles. The molecule has 0 radical (unpaired) electrons. The first-order chi connectivity index (χ1) is 17.3. The Kier molecular flexibility index (Phi) is 6.68. The summed E-state index contributed by atoms with van der Waals surface area (Å²) in [5, 5.41) is 8.14. The van der Waals surface area contributed by atoms with Gasteiger partial charge in [-0.2, -0.15) is 5.10 Å². The lowest BCUT2D eigenvalue weighted by Gasteiger charge is -2.23. The number of carbonyl (C=O) groups excluding carboxylic acids is 1. The third kappa shape index (κ3) is 5.42. The van der Waals surface area contributed by atoms with E-state index in [4.69, 9.17) is 4.74 Å². The van der Waals surface area contributed by atoms with Gasteiger partial charge in [-0.15, -0.1) is 0 Å². The van der Waals surface area contributed by atoms with Gasteiger partial charge in [0.15, 0.2) is 5.82 Å². The maximum atomic E-state index is 13.4. The number of alkyl carbamates (subject to hydrolysis) is 1. The fraction of sp³-hybridized carbons (Fsp3) is 0.333. The van der Waals surface area contributed by atoms with Crippen LogP contribution in [0.1, 0.15) is 44.9 Å². The number of fused-ring (bicyclic) bond motifs is 1. The molecule has 3 aromatic heterocycles. The van der Waals surface area contributed by atoms with Crippen LogP contribution in [0.3, 0.4) is 0 Å². The molecule has 0 aliphatic rings. The lowest BCUT2D eigenvalue weighted by atomic mass is 9.96. The minimum atomic E-state index is -0.628. The van der Waals surface area contributed by atoms with Crippen LogP contribution in [0.4, 0.5) is 4.79 Å². The van der Waals surface area contributed by atoms with Gasteiger partial charge in [0.05, 0.1) is 17.9 Å². The van der Waals surface area contributed by atoms with Crippen molar-refractivity contribution in [2.75, 3.05) is 0 Å². The zero-order valence-electron chi connectivity index (χ0n) is 22.0. The van der Waals surface area contributed by atoms with E-state index in [1.807, 2.05) is 32.0 Å². The first-order valence-electron chi connectivity index (χ1n) is 11.8. The van der Waals surface area contributed by atoms with Gasteiger partial charge >= 0.3 is 6.09 Å². The molecular weight excluding hydrogens is 472 g/mol. The van der Waals surface area contributed by atoms with Crippen molar-refractivity contribution >= 4 is 16.9 Å². The van der Waals surface area contributed by atoms with Crippen LogP contribution >= 0.6 is 0 Å². The number of nitrogens with one attached hydrogen (secondary N) is 1. The molecule has 10 heteroatoms. The second-order valence-electron chi connectivity index (χ2n) is 10.1. The number of aryl methyl sites for hydroxylation is 2. The van der Waals surface area contributed by atoms with Crippen LogP contribution in [0, 0.1) is 6.92 Å². The van der Waals surface area contributed by atoms with Gasteiger partial charge in [-0.3, -0.25) is 9.59 Å². The fourth-order valence-electron chi connectivity index (χ4n) is 4.09. The lowest BCUT2D eigenvalue weighted by molar-refractivity contribution is 0.0508. The average Bonchev–Trinajstić information content (AvgIpc) is 2.82. The summed E-state index contributed by atoms with van der Waals surface area (Å²) < 4.78 is 8.19. The molecule has 0 aliphatic heterocycles. The predicted octanol–water partition coefficient (Wildman–Crippen LogP) is 3.65. The maximum Gasteiger partial charge on any atom is 0.408 e. The third-order valence-corrected chi connectivity index (χ3v) is 5.91. The lowest BCUT2D eigenvalue weighted by Crippen LogP contribution is -2.34. The molecule has 1 aromatic carbocycles. The molecule has 0 unspecified atom stereocenters. The Morgan fingerprint density at radius 3 is 2.27 bits per heavy atom. The van der Waals surface area contributed by atoms with Crippen molar-refractivity contribution in [2.24, 2.45) is 14.1 Å². The normalized spacial score (nSPS) is 12.4. The Bertz CT molecular complexity index is 1610. The minimum Gasteiger partial charge on any atom is -0.444 e. The van der Waals surface area contributed by atoms with Crippen LogP contribution in [0.15, 0.2) is 52.4 Å². The molecule has 0 fully saturated rings. The van der Waals surface area contributed by atoms with E-state index in [1.165, 1.54) is 16.9 Å². The van der Waals surface area contributed by atoms with Gasteiger partial charge in [-0.1, -0.05) is 6.07 Å². The van der Waals surface area contributed by atoms with Crippen LogP contribution in [0.2, 0.25) is 0 Å². The van der Waals surface area contributed by atoms with Gasteiger partial charge in [0.1, 0.15) is 5.60 Å². The number of nitrogens with zero attached hydrogens (tertiary/aromatic N) is 5. The summed E-state index contributed by atoms with van der Waals surface area (Å²) in [6.45, 7) is 9.17. The highest BCUT2D eigenvalue weighted by Gasteiger charge is 2.21. The van der Waals surface area contributed by atoms with E-state index in [1.54, 1.807) is 51.8 Å². The molecule has 0 bridgehead atoms. The Labute approximate surface area is 214 Å². The molecule has 0 saturated carbocycles. The first-order valence-corrected chi connectivity index (χ1v) is 11.8. The predicted molar refractivity (Wildman–Crippen MR) is 141 cm³/mol. The van der Waals surface area contributed by atoms with Crippen molar-refractivity contribution in [1.82, 2.24) is 29.6 Å². The molecule has 192 valence electrons. The number of carbonyl (C=O) groups is 1. The number of aromatic nitrogens is 5. The number of pyridine rings is 1. The van der Waals surface area contributed by atoms with E-state index in [-0.39, 0.29) is 11.1 Å². The van der Waals surface area contributed by atoms with Crippen molar-refractivity contribution in [1.29, 1.82) is 0 Å². The van der Waals surface area contributed by atoms with Crippen LogP contribution in [0.25, 0.3) is 33.4 Å². The van der Waals surface area contributed by atoms with E-state index < -0.39 is 17.7 Å². The second kappa shape index (κ2) is 9.61. The number of amides is 1. The molecule has 0 saturated heterocycles. The van der Waals surface area contributed by atoms with Crippen molar-refractivity contribution in [3.63, 3.8) is 0 Å². The van der Waals surface area contributed by atoms with E-state index in [2.05, 4.69) is 20.4 Å². The van der Waals surface area contributed by atoms with E-state index in [9.17, 15) is 14.4 Å². The number of hydrogen-bond donors (Lipinski definition) is 1. The SMILES string of the molecule is Cc1cc([C@@H](C)NC(=O)OC(C)(C)C)c2cc(-c3cnc(-c4cnn(C)c(=O)c4)nc3)n(C)c(=O)c2c1. The minimum absolute atomic E-state index is 0.179. The molecule has 10 nitrogen and oxygen atoms in total. The second-order valence-corrected chi connectivity index (χ2v) is 10.1. The Hall–Kier alpha value is -4.34. The van der Waals surface area contributed by atoms with Crippen LogP contribution in [0.5, 0.6) is 0 Å². The maximum absolute atomic E-state index is 13.4. The summed E-state index contributed by atoms with van der Waals surface area (Å²) in [6, 6.07) is 6.70. The largest absolute Gasteiger partial charge is 0.444 e. The Morgan fingerprint density at radius 2 is 1.65 bits per heavy atom. The van der Waals surface area contributed by atoms with Gasteiger partial charge in [-0.05, 0) is 63.3 Å². The van der Waals surface area contributed by atoms with Crippen molar-refractivity contribution in [2.45, 2.75) is 46.3 Å². The number of rotatable bonds is 4. The molecular formula is C27H30N6O4.